The number of hydrogen-bond donors (Lipinski definition) is 0. The quantitative estimate of drug-likeness (QED) is 0.0685. The molecule has 0 unspecified atom stereocenters. The van der Waals surface area contributed by atoms with Crippen molar-refractivity contribution in [2.45, 2.75) is 56.6 Å². The molecule has 0 radical (unpaired) electrons. The van der Waals surface area contributed by atoms with Crippen molar-refractivity contribution in [3.63, 3.8) is 0 Å². The van der Waals surface area contributed by atoms with Crippen LogP contribution in [0.4, 0.5) is 0 Å². The molecule has 0 bridgehead atoms. The number of hydrogen-bond acceptors (Lipinski definition) is 10. The molecule has 9 rings (SSSR count). The van der Waals surface area contributed by atoms with Crippen LogP contribution >= 0.6 is 15.6 Å². The van der Waals surface area contributed by atoms with E-state index in [4.69, 9.17) is 36.6 Å². The van der Waals surface area contributed by atoms with Crippen molar-refractivity contribution in [1.82, 2.24) is 0 Å². The Morgan fingerprint density at radius 3 is 0.638 bits per heavy atom. The molecule has 0 spiro atoms. The molecule has 1 aliphatic heterocycles. The molecule has 0 saturated carbocycles. The first-order chi connectivity index (χ1) is 33.6. The Morgan fingerprint density at radius 1 is 0.319 bits per heavy atom. The molecule has 1 heterocycles. The smallest absolute Gasteiger partial charge is 0.316 e. The Bertz CT molecular complexity index is 2370. The minimum atomic E-state index is -4.90. The van der Waals surface area contributed by atoms with E-state index in [-0.39, 0.29) is 0 Å². The summed E-state index contributed by atoms with van der Waals surface area (Å²) in [6.07, 6.45) is -7.27. The predicted octanol–water partition coefficient (Wildman–Crippen LogP) is 14.9. The van der Waals surface area contributed by atoms with Gasteiger partial charge in [0.15, 0.2) is 5.79 Å². The lowest BCUT2D eigenvalue weighted by atomic mass is 10.0. The van der Waals surface area contributed by atoms with E-state index in [1.54, 1.807) is 13.8 Å². The highest BCUT2D eigenvalue weighted by Crippen LogP contribution is 2.63. The van der Waals surface area contributed by atoms with E-state index in [9.17, 15) is 0 Å². The van der Waals surface area contributed by atoms with Crippen LogP contribution in [-0.4, -0.2) is 18.4 Å². The van der Waals surface area contributed by atoms with Gasteiger partial charge in [-0.1, -0.05) is 243 Å². The van der Waals surface area contributed by atoms with E-state index in [1.807, 2.05) is 243 Å². The normalized spacial score (nSPS) is 16.1. The zero-order valence-corrected chi connectivity index (χ0v) is 39.8. The summed E-state index contributed by atoms with van der Waals surface area (Å²) in [5, 5.41) is 0. The zero-order valence-electron chi connectivity index (χ0n) is 38.0. The average molecular weight is 959 g/mol. The van der Waals surface area contributed by atoms with Gasteiger partial charge in [0.1, 0.15) is 24.4 Å². The topological polar surface area (TPSA) is 108 Å². The van der Waals surface area contributed by atoms with E-state index >= 15 is 9.13 Å². The Morgan fingerprint density at radius 2 is 0.478 bits per heavy atom. The van der Waals surface area contributed by atoms with Crippen LogP contribution in [0.1, 0.15) is 82.8 Å². The van der Waals surface area contributed by atoms with E-state index in [2.05, 4.69) is 0 Å². The molecule has 10 nitrogen and oxygen atoms in total. The average Bonchev–Trinajstić information content (AvgIpc) is 3.68. The summed E-state index contributed by atoms with van der Waals surface area (Å²) in [7, 11) is -9.81. The second-order valence-electron chi connectivity index (χ2n) is 16.7. The highest BCUT2D eigenvalue weighted by atomic mass is 31.2. The minimum absolute atomic E-state index is 0.677. The lowest BCUT2D eigenvalue weighted by Crippen LogP contribution is -2.29. The van der Waals surface area contributed by atoms with Crippen molar-refractivity contribution in [3.8, 4) is 0 Å². The molecule has 1 aliphatic rings. The number of benzene rings is 8. The van der Waals surface area contributed by atoms with E-state index < -0.39 is 58.4 Å². The van der Waals surface area contributed by atoms with Gasteiger partial charge in [0.2, 0.25) is 12.6 Å². The maximum Gasteiger partial charge on any atom is 0.479 e. The van der Waals surface area contributed by atoms with Crippen LogP contribution in [0.2, 0.25) is 0 Å². The summed E-state index contributed by atoms with van der Waals surface area (Å²) in [4.78, 5) is 0. The number of phosphoric ester groups is 2. The first-order valence-corrected chi connectivity index (χ1v) is 25.6. The summed E-state index contributed by atoms with van der Waals surface area (Å²) >= 11 is 0. The fraction of sp³-hybridized carbons (Fsp3) is 0.158. The van der Waals surface area contributed by atoms with Crippen molar-refractivity contribution in [2.24, 2.45) is 0 Å². The van der Waals surface area contributed by atoms with Gasteiger partial charge in [0.25, 0.3) is 0 Å². The molecule has 0 aromatic heterocycles. The van der Waals surface area contributed by atoms with Gasteiger partial charge in [-0.3, -0.25) is 27.1 Å². The lowest BCUT2D eigenvalue weighted by molar-refractivity contribution is -0.178. The fourth-order valence-corrected chi connectivity index (χ4v) is 11.1. The Labute approximate surface area is 403 Å². The molecule has 0 N–H and O–H groups in total. The first kappa shape index (κ1) is 47.9. The maximum absolute atomic E-state index is 16.1. The summed E-state index contributed by atoms with van der Waals surface area (Å²) < 4.78 is 85.2. The number of phosphoric acid groups is 2. The first-order valence-electron chi connectivity index (χ1n) is 22.7. The van der Waals surface area contributed by atoms with Crippen LogP contribution in [0.5, 0.6) is 0 Å². The molecule has 2 atom stereocenters. The summed E-state index contributed by atoms with van der Waals surface area (Å²) in [5.41, 5.74) is 5.41. The number of rotatable bonds is 20. The molecule has 0 aliphatic carbocycles. The van der Waals surface area contributed by atoms with E-state index in [0.29, 0.717) is 44.5 Å². The summed E-state index contributed by atoms with van der Waals surface area (Å²) in [6, 6.07) is 74.9. The Kier molecular flexibility index (Phi) is 15.4. The van der Waals surface area contributed by atoms with Crippen molar-refractivity contribution >= 4 is 15.6 Å². The molecule has 8 aromatic rings. The van der Waals surface area contributed by atoms with Crippen molar-refractivity contribution < 1.29 is 45.7 Å². The van der Waals surface area contributed by atoms with Gasteiger partial charge in [-0.05, 0) is 58.4 Å². The monoisotopic (exact) mass is 958 g/mol. The van der Waals surface area contributed by atoms with Gasteiger partial charge in [0, 0.05) is 0 Å². The third-order valence-corrected chi connectivity index (χ3v) is 14.1. The zero-order chi connectivity index (χ0) is 47.5. The molecule has 8 aromatic carbocycles. The van der Waals surface area contributed by atoms with Gasteiger partial charge >= 0.3 is 15.6 Å². The second-order valence-corrected chi connectivity index (χ2v) is 19.8. The van der Waals surface area contributed by atoms with Crippen molar-refractivity contribution in [2.75, 3.05) is 0 Å². The van der Waals surface area contributed by atoms with Crippen LogP contribution in [0.15, 0.2) is 243 Å². The van der Waals surface area contributed by atoms with Gasteiger partial charge in [0.05, 0.1) is 0 Å². The molecule has 1 fully saturated rings. The molecule has 12 heteroatoms. The third kappa shape index (κ3) is 12.4. The van der Waals surface area contributed by atoms with Gasteiger partial charge in [-0.25, -0.2) is 9.13 Å². The second kappa shape index (κ2) is 22.1. The molecular formula is C57H52O10P2. The highest BCUT2D eigenvalue weighted by molar-refractivity contribution is 7.49. The minimum Gasteiger partial charge on any atom is -0.316 e. The largest absolute Gasteiger partial charge is 0.479 e. The SMILES string of the molecule is CC1(C)O[C@H](OP(=O)(OC(c2ccccc2)c2ccccc2)OC(c2ccccc2)c2ccccc2)[C@@H](OP(=O)(OC(c2ccccc2)c2ccccc2)OC(c2ccccc2)c2ccccc2)O1. The highest BCUT2D eigenvalue weighted by Gasteiger charge is 2.53. The lowest BCUT2D eigenvalue weighted by Gasteiger charge is -2.32. The van der Waals surface area contributed by atoms with Crippen LogP contribution in [0.25, 0.3) is 0 Å². The maximum atomic E-state index is 16.1. The molecule has 0 amide bonds. The summed E-state index contributed by atoms with van der Waals surface area (Å²) in [5.74, 6) is -1.46. The third-order valence-electron chi connectivity index (χ3n) is 11.2. The van der Waals surface area contributed by atoms with Gasteiger partial charge in [-0.2, -0.15) is 0 Å². The Hall–Kier alpha value is -6.10. The molecule has 69 heavy (non-hydrogen) atoms. The van der Waals surface area contributed by atoms with Crippen LogP contribution in [0.3, 0.4) is 0 Å². The predicted molar refractivity (Wildman–Crippen MR) is 264 cm³/mol. The Balaban J connectivity index is 1.14. The molecule has 350 valence electrons. The van der Waals surface area contributed by atoms with E-state index in [1.165, 1.54) is 0 Å². The fourth-order valence-electron chi connectivity index (χ4n) is 8.04. The van der Waals surface area contributed by atoms with Gasteiger partial charge in [-0.15, -0.1) is 0 Å². The van der Waals surface area contributed by atoms with Crippen LogP contribution < -0.4 is 0 Å². The van der Waals surface area contributed by atoms with Crippen LogP contribution in [-0.2, 0) is 45.7 Å². The summed E-state index contributed by atoms with van der Waals surface area (Å²) in [6.45, 7) is 3.26. The van der Waals surface area contributed by atoms with E-state index in [0.717, 1.165) is 0 Å². The number of ether oxygens (including phenoxy) is 2. The van der Waals surface area contributed by atoms with Crippen molar-refractivity contribution in [1.29, 1.82) is 0 Å². The van der Waals surface area contributed by atoms with Crippen LogP contribution in [0, 0.1) is 0 Å². The van der Waals surface area contributed by atoms with Gasteiger partial charge < -0.3 is 9.47 Å². The molecular weight excluding hydrogens is 907 g/mol. The standard InChI is InChI=1S/C57H52O10P2/c1-57(2)60-55(66-68(58,62-51(43-27-11-3-12-28-43)44-29-13-4-14-30-44)63-52(45-31-15-5-16-32-45)46-33-17-6-18-34-46)56(61-57)67-69(59,64-53(47-35-19-7-20-36-47)48-37-21-8-22-38-48)65-54(49-39-23-9-24-40-49)50-41-25-10-26-42-50/h3-42,51-56H,1-2H3/t55-,56-/m1/s1. The molecule has 1 saturated heterocycles. The van der Waals surface area contributed by atoms with Crippen molar-refractivity contribution in [3.05, 3.63) is 287 Å².